The highest BCUT2D eigenvalue weighted by Gasteiger charge is 2.41. The molecule has 6 heteroatoms. The highest BCUT2D eigenvalue weighted by Crippen LogP contribution is 2.46. The molecule has 2 aromatic carbocycles. The fraction of sp³-hybridized carbons (Fsp3) is 0.273. The maximum Gasteiger partial charge on any atom is 0.119 e. The summed E-state index contributed by atoms with van der Waals surface area (Å²) < 4.78 is 13.7. The standard InChI is InChI=1S/C22H21N3O2.ClH/c1-26-20-7-5-19(6-8-20)22(10-2-12-25-13-3-11-24-25)21-9-4-17(15-23)14-18(21)16-27-22;/h3-9,11,13-14H,2,10,12,16H2,1H3;1H. The minimum atomic E-state index is -0.511. The lowest BCUT2D eigenvalue weighted by atomic mass is 9.81. The molecule has 1 atom stereocenters. The van der Waals surface area contributed by atoms with E-state index in [4.69, 9.17) is 9.47 Å². The van der Waals surface area contributed by atoms with E-state index in [1.165, 1.54) is 0 Å². The van der Waals surface area contributed by atoms with Gasteiger partial charge < -0.3 is 9.47 Å². The van der Waals surface area contributed by atoms with E-state index in [1.54, 1.807) is 13.3 Å². The topological polar surface area (TPSA) is 60.1 Å². The monoisotopic (exact) mass is 395 g/mol. The summed E-state index contributed by atoms with van der Waals surface area (Å²) in [5, 5.41) is 13.5. The number of benzene rings is 2. The molecule has 0 aliphatic carbocycles. The zero-order valence-corrected chi connectivity index (χ0v) is 16.5. The number of aryl methyl sites for hydroxylation is 1. The summed E-state index contributed by atoms with van der Waals surface area (Å²) in [6.45, 7) is 1.35. The highest BCUT2D eigenvalue weighted by atomic mass is 35.5. The van der Waals surface area contributed by atoms with Crippen LogP contribution in [0, 0.1) is 11.3 Å². The van der Waals surface area contributed by atoms with Gasteiger partial charge in [0.2, 0.25) is 0 Å². The van der Waals surface area contributed by atoms with E-state index in [-0.39, 0.29) is 12.4 Å². The number of methoxy groups -OCH3 is 1. The van der Waals surface area contributed by atoms with Gasteiger partial charge in [-0.2, -0.15) is 10.4 Å². The minimum absolute atomic E-state index is 0. The molecule has 3 aromatic rings. The number of rotatable bonds is 6. The molecule has 144 valence electrons. The van der Waals surface area contributed by atoms with Crippen molar-refractivity contribution in [1.82, 2.24) is 9.78 Å². The Hall–Kier alpha value is -2.81. The molecule has 1 aliphatic heterocycles. The molecule has 0 fully saturated rings. The summed E-state index contributed by atoms with van der Waals surface area (Å²) in [5.74, 6) is 0.823. The average Bonchev–Trinajstić information content (AvgIpc) is 3.36. The molecule has 1 aliphatic rings. The van der Waals surface area contributed by atoms with Crippen molar-refractivity contribution in [2.24, 2.45) is 0 Å². The zero-order valence-electron chi connectivity index (χ0n) is 15.7. The minimum Gasteiger partial charge on any atom is -0.497 e. The van der Waals surface area contributed by atoms with Crippen molar-refractivity contribution >= 4 is 12.4 Å². The van der Waals surface area contributed by atoms with Gasteiger partial charge in [-0.15, -0.1) is 12.4 Å². The van der Waals surface area contributed by atoms with E-state index in [0.29, 0.717) is 12.2 Å². The first-order valence-electron chi connectivity index (χ1n) is 9.04. The van der Waals surface area contributed by atoms with Crippen LogP contribution in [0.25, 0.3) is 0 Å². The molecular weight excluding hydrogens is 374 g/mol. The fourth-order valence-corrected chi connectivity index (χ4v) is 3.83. The smallest absolute Gasteiger partial charge is 0.119 e. The molecule has 0 N–H and O–H groups in total. The Morgan fingerprint density at radius 3 is 2.75 bits per heavy atom. The molecule has 0 spiro atoms. The van der Waals surface area contributed by atoms with E-state index in [0.717, 1.165) is 41.8 Å². The first-order chi connectivity index (χ1) is 13.2. The van der Waals surface area contributed by atoms with Crippen LogP contribution in [-0.2, 0) is 23.5 Å². The van der Waals surface area contributed by atoms with Crippen molar-refractivity contribution in [3.8, 4) is 11.8 Å². The van der Waals surface area contributed by atoms with Crippen LogP contribution in [-0.4, -0.2) is 16.9 Å². The van der Waals surface area contributed by atoms with Gasteiger partial charge in [-0.1, -0.05) is 18.2 Å². The van der Waals surface area contributed by atoms with Crippen molar-refractivity contribution in [3.63, 3.8) is 0 Å². The fourth-order valence-electron chi connectivity index (χ4n) is 3.83. The number of nitriles is 1. The number of fused-ring (bicyclic) bond motifs is 1. The lowest BCUT2D eigenvalue weighted by Gasteiger charge is -2.31. The molecule has 0 bridgehead atoms. The van der Waals surface area contributed by atoms with Gasteiger partial charge in [-0.25, -0.2) is 0 Å². The Morgan fingerprint density at radius 2 is 2.07 bits per heavy atom. The average molecular weight is 396 g/mol. The van der Waals surface area contributed by atoms with Crippen molar-refractivity contribution in [3.05, 3.63) is 83.2 Å². The maximum absolute atomic E-state index is 9.21. The zero-order chi connectivity index (χ0) is 18.7. The molecule has 2 heterocycles. The summed E-state index contributed by atoms with van der Waals surface area (Å²) in [4.78, 5) is 0. The van der Waals surface area contributed by atoms with Gasteiger partial charge in [-0.3, -0.25) is 4.68 Å². The highest BCUT2D eigenvalue weighted by molar-refractivity contribution is 5.85. The van der Waals surface area contributed by atoms with Gasteiger partial charge in [0.25, 0.3) is 0 Å². The van der Waals surface area contributed by atoms with E-state index >= 15 is 0 Å². The molecule has 28 heavy (non-hydrogen) atoms. The summed E-state index contributed by atoms with van der Waals surface area (Å²) in [5.41, 5.74) is 3.49. The van der Waals surface area contributed by atoms with Crippen LogP contribution in [0.3, 0.4) is 0 Å². The van der Waals surface area contributed by atoms with Crippen LogP contribution in [0.15, 0.2) is 60.9 Å². The molecular formula is C22H22ClN3O2. The third kappa shape index (κ3) is 3.62. The predicted molar refractivity (Wildman–Crippen MR) is 108 cm³/mol. The number of ether oxygens (including phenoxy) is 2. The Morgan fingerprint density at radius 1 is 1.25 bits per heavy atom. The molecule has 0 saturated carbocycles. The second kappa shape index (κ2) is 8.47. The normalized spacial score (nSPS) is 17.4. The van der Waals surface area contributed by atoms with Gasteiger partial charge in [0.15, 0.2) is 0 Å². The van der Waals surface area contributed by atoms with Crippen LogP contribution in [0.4, 0.5) is 0 Å². The van der Waals surface area contributed by atoms with Gasteiger partial charge in [-0.05, 0) is 59.9 Å². The Bertz CT molecular complexity index is 964. The van der Waals surface area contributed by atoms with E-state index < -0.39 is 5.60 Å². The summed E-state index contributed by atoms with van der Waals surface area (Å²) in [6.07, 6.45) is 5.53. The Balaban J connectivity index is 0.00000225. The van der Waals surface area contributed by atoms with Crippen LogP contribution >= 0.6 is 12.4 Å². The predicted octanol–water partition coefficient (Wildman–Crippen LogP) is 4.44. The molecule has 1 unspecified atom stereocenters. The van der Waals surface area contributed by atoms with Crippen LogP contribution in [0.5, 0.6) is 5.75 Å². The largest absolute Gasteiger partial charge is 0.497 e. The van der Waals surface area contributed by atoms with Crippen LogP contribution < -0.4 is 4.74 Å². The lowest BCUT2D eigenvalue weighted by Crippen LogP contribution is -2.27. The van der Waals surface area contributed by atoms with Gasteiger partial charge in [0.1, 0.15) is 11.4 Å². The first-order valence-corrected chi connectivity index (χ1v) is 9.04. The second-order valence-corrected chi connectivity index (χ2v) is 6.70. The molecule has 0 radical (unpaired) electrons. The van der Waals surface area contributed by atoms with Crippen molar-refractivity contribution in [2.45, 2.75) is 31.6 Å². The SMILES string of the molecule is COc1ccc(C2(CCCn3cccn3)OCc3cc(C#N)ccc32)cc1.Cl. The quantitative estimate of drug-likeness (QED) is 0.619. The van der Waals surface area contributed by atoms with E-state index in [9.17, 15) is 5.26 Å². The van der Waals surface area contributed by atoms with E-state index in [2.05, 4.69) is 23.3 Å². The number of halogens is 1. The summed E-state index contributed by atoms with van der Waals surface area (Å²) in [7, 11) is 1.67. The van der Waals surface area contributed by atoms with E-state index in [1.807, 2.05) is 47.3 Å². The molecule has 4 rings (SSSR count). The number of hydrogen-bond acceptors (Lipinski definition) is 4. The van der Waals surface area contributed by atoms with Crippen molar-refractivity contribution in [1.29, 1.82) is 5.26 Å². The van der Waals surface area contributed by atoms with Crippen molar-refractivity contribution in [2.75, 3.05) is 7.11 Å². The Kier molecular flexibility index (Phi) is 6.03. The first kappa shape index (κ1) is 19.9. The summed E-state index contributed by atoms with van der Waals surface area (Å²) >= 11 is 0. The van der Waals surface area contributed by atoms with Gasteiger partial charge in [0, 0.05) is 18.9 Å². The second-order valence-electron chi connectivity index (χ2n) is 6.70. The number of hydrogen-bond donors (Lipinski definition) is 0. The Labute approximate surface area is 170 Å². The van der Waals surface area contributed by atoms with Crippen LogP contribution in [0.2, 0.25) is 0 Å². The number of nitrogens with zero attached hydrogens (tertiary/aromatic N) is 3. The van der Waals surface area contributed by atoms with Gasteiger partial charge >= 0.3 is 0 Å². The molecule has 1 aromatic heterocycles. The number of aromatic nitrogens is 2. The molecule has 5 nitrogen and oxygen atoms in total. The third-order valence-electron chi connectivity index (χ3n) is 5.18. The van der Waals surface area contributed by atoms with Crippen molar-refractivity contribution < 1.29 is 9.47 Å². The third-order valence-corrected chi connectivity index (χ3v) is 5.18. The molecule has 0 saturated heterocycles. The molecule has 0 amide bonds. The van der Waals surface area contributed by atoms with Crippen LogP contribution in [0.1, 0.15) is 35.1 Å². The maximum atomic E-state index is 9.21. The van der Waals surface area contributed by atoms with Gasteiger partial charge in [0.05, 0.1) is 25.3 Å². The summed E-state index contributed by atoms with van der Waals surface area (Å²) in [6, 6.07) is 18.1. The lowest BCUT2D eigenvalue weighted by molar-refractivity contribution is -0.0138.